The van der Waals surface area contributed by atoms with Gasteiger partial charge < -0.3 is 10.6 Å². The zero-order valence-corrected chi connectivity index (χ0v) is 13.5. The highest BCUT2D eigenvalue weighted by Gasteiger charge is 2.30. The summed E-state index contributed by atoms with van der Waals surface area (Å²) in [5, 5.41) is 1.19. The van der Waals surface area contributed by atoms with Gasteiger partial charge in [0.15, 0.2) is 5.13 Å². The Morgan fingerprint density at radius 2 is 2.15 bits per heavy atom. The van der Waals surface area contributed by atoms with E-state index in [-0.39, 0.29) is 0 Å². The Morgan fingerprint density at radius 3 is 2.85 bits per heavy atom. The summed E-state index contributed by atoms with van der Waals surface area (Å²) in [6.07, 6.45) is 4.11. The Balaban J connectivity index is 1.76. The van der Waals surface area contributed by atoms with Crippen molar-refractivity contribution in [1.29, 1.82) is 0 Å². The molecule has 5 heteroatoms. The third kappa shape index (κ3) is 2.71. The fourth-order valence-corrected chi connectivity index (χ4v) is 4.54. The van der Waals surface area contributed by atoms with E-state index in [0.29, 0.717) is 12.5 Å². The van der Waals surface area contributed by atoms with E-state index in [4.69, 9.17) is 10.7 Å². The molecule has 1 aromatic rings. The quantitative estimate of drug-likeness (QED) is 0.930. The summed E-state index contributed by atoms with van der Waals surface area (Å²) < 4.78 is 0. The molecular formula is C15H26N4S. The molecule has 0 aromatic carbocycles. The van der Waals surface area contributed by atoms with Crippen LogP contribution < -0.4 is 10.6 Å². The van der Waals surface area contributed by atoms with Crippen molar-refractivity contribution in [3.8, 4) is 0 Å². The molecule has 3 rings (SSSR count). The van der Waals surface area contributed by atoms with Crippen molar-refractivity contribution in [2.24, 2.45) is 5.73 Å². The van der Waals surface area contributed by atoms with Crippen LogP contribution in [0.2, 0.25) is 0 Å². The molecule has 2 saturated heterocycles. The fourth-order valence-electron chi connectivity index (χ4n) is 3.41. The molecule has 2 fully saturated rings. The maximum absolute atomic E-state index is 5.88. The minimum Gasteiger partial charge on any atom is -0.345 e. The predicted molar refractivity (Wildman–Crippen MR) is 85.5 cm³/mol. The van der Waals surface area contributed by atoms with Gasteiger partial charge in [0.1, 0.15) is 0 Å². The van der Waals surface area contributed by atoms with Crippen molar-refractivity contribution < 1.29 is 0 Å². The highest BCUT2D eigenvalue weighted by molar-refractivity contribution is 7.15. The zero-order chi connectivity index (χ0) is 14.1. The molecule has 4 nitrogen and oxygen atoms in total. The van der Waals surface area contributed by atoms with Gasteiger partial charge in [0, 0.05) is 37.1 Å². The molecule has 2 aliphatic rings. The van der Waals surface area contributed by atoms with Gasteiger partial charge in [-0.15, -0.1) is 11.3 Å². The Morgan fingerprint density at radius 1 is 1.30 bits per heavy atom. The average Bonchev–Trinajstić information content (AvgIpc) is 2.91. The van der Waals surface area contributed by atoms with Crippen molar-refractivity contribution in [2.45, 2.75) is 51.6 Å². The molecule has 0 radical (unpaired) electrons. The number of anilines is 1. The first-order chi connectivity index (χ1) is 9.69. The first kappa shape index (κ1) is 14.3. The molecule has 1 atom stereocenters. The van der Waals surface area contributed by atoms with Crippen LogP contribution in [-0.4, -0.2) is 42.1 Å². The van der Waals surface area contributed by atoms with E-state index in [9.17, 15) is 0 Å². The molecule has 1 unspecified atom stereocenters. The number of aromatic nitrogens is 1. The van der Waals surface area contributed by atoms with Crippen LogP contribution in [0.25, 0.3) is 0 Å². The van der Waals surface area contributed by atoms with E-state index >= 15 is 0 Å². The third-order valence-corrected chi connectivity index (χ3v) is 5.71. The average molecular weight is 294 g/mol. The lowest BCUT2D eigenvalue weighted by Crippen LogP contribution is -2.54. The molecule has 1 aromatic heterocycles. The van der Waals surface area contributed by atoms with Gasteiger partial charge in [-0.2, -0.15) is 0 Å². The number of hydrogen-bond acceptors (Lipinski definition) is 5. The second-order valence-corrected chi connectivity index (χ2v) is 7.36. The number of piperidine rings is 1. The van der Waals surface area contributed by atoms with E-state index in [1.807, 2.05) is 0 Å². The number of piperazine rings is 1. The molecule has 0 bridgehead atoms. The van der Waals surface area contributed by atoms with E-state index in [1.165, 1.54) is 48.1 Å². The second kappa shape index (κ2) is 6.00. The summed E-state index contributed by atoms with van der Waals surface area (Å²) in [4.78, 5) is 11.3. The molecule has 3 heterocycles. The molecule has 2 N–H and O–H groups in total. The van der Waals surface area contributed by atoms with E-state index in [1.54, 1.807) is 11.3 Å². The van der Waals surface area contributed by atoms with Crippen molar-refractivity contribution in [1.82, 2.24) is 9.88 Å². The van der Waals surface area contributed by atoms with Crippen molar-refractivity contribution in [2.75, 3.05) is 31.1 Å². The zero-order valence-electron chi connectivity index (χ0n) is 12.6. The number of rotatable bonds is 3. The number of hydrogen-bond donors (Lipinski definition) is 1. The Labute approximate surface area is 126 Å². The molecule has 0 saturated carbocycles. The van der Waals surface area contributed by atoms with Crippen LogP contribution >= 0.6 is 11.3 Å². The van der Waals surface area contributed by atoms with Gasteiger partial charge in [-0.1, -0.05) is 20.3 Å². The smallest absolute Gasteiger partial charge is 0.185 e. The van der Waals surface area contributed by atoms with Gasteiger partial charge in [-0.25, -0.2) is 4.98 Å². The van der Waals surface area contributed by atoms with Gasteiger partial charge in [-0.05, 0) is 25.3 Å². The molecule has 2 aliphatic heterocycles. The predicted octanol–water partition coefficient (Wildman–Crippen LogP) is 2.40. The summed E-state index contributed by atoms with van der Waals surface area (Å²) >= 11 is 1.81. The van der Waals surface area contributed by atoms with Gasteiger partial charge in [0.05, 0.1) is 5.69 Å². The second-order valence-electron chi connectivity index (χ2n) is 6.30. The minimum atomic E-state index is 0.467. The van der Waals surface area contributed by atoms with Crippen LogP contribution in [0.1, 0.15) is 49.6 Å². The van der Waals surface area contributed by atoms with Crippen LogP contribution in [0.5, 0.6) is 0 Å². The number of nitrogens with zero attached hydrogens (tertiary/aromatic N) is 3. The molecule has 20 heavy (non-hydrogen) atoms. The summed E-state index contributed by atoms with van der Waals surface area (Å²) in [5.74, 6) is 0.467. The lowest BCUT2D eigenvalue weighted by molar-refractivity contribution is 0.133. The lowest BCUT2D eigenvalue weighted by atomic mass is 10.00. The minimum absolute atomic E-state index is 0.467. The van der Waals surface area contributed by atoms with Crippen LogP contribution in [-0.2, 0) is 6.54 Å². The summed E-state index contributed by atoms with van der Waals surface area (Å²) in [5.41, 5.74) is 7.09. The van der Waals surface area contributed by atoms with Gasteiger partial charge in [0.25, 0.3) is 0 Å². The van der Waals surface area contributed by atoms with Gasteiger partial charge in [-0.3, -0.25) is 4.90 Å². The summed E-state index contributed by atoms with van der Waals surface area (Å²) in [6, 6.07) is 0.741. The standard InChI is InChI=1S/C15H26N4S/c1-11(2)14-13(9-16)20-15(17-14)19-8-7-18-6-4-3-5-12(18)10-19/h11-12H,3-10,16H2,1-2H3. The van der Waals surface area contributed by atoms with E-state index in [0.717, 1.165) is 19.1 Å². The maximum atomic E-state index is 5.88. The first-order valence-electron chi connectivity index (χ1n) is 7.87. The normalized spacial score (nSPS) is 24.2. The molecular weight excluding hydrogens is 268 g/mol. The molecule has 112 valence electrons. The van der Waals surface area contributed by atoms with Crippen molar-refractivity contribution in [3.63, 3.8) is 0 Å². The topological polar surface area (TPSA) is 45.4 Å². The van der Waals surface area contributed by atoms with Gasteiger partial charge >= 0.3 is 0 Å². The first-order valence-corrected chi connectivity index (χ1v) is 8.69. The summed E-state index contributed by atoms with van der Waals surface area (Å²) in [6.45, 7) is 9.78. The Kier molecular flexibility index (Phi) is 4.29. The van der Waals surface area contributed by atoms with Gasteiger partial charge in [0.2, 0.25) is 0 Å². The molecule has 0 spiro atoms. The number of nitrogens with two attached hydrogens (primary N) is 1. The van der Waals surface area contributed by atoms with E-state index in [2.05, 4.69) is 23.6 Å². The third-order valence-electron chi connectivity index (χ3n) is 4.56. The van der Waals surface area contributed by atoms with Crippen LogP contribution in [0.15, 0.2) is 0 Å². The maximum Gasteiger partial charge on any atom is 0.185 e. The van der Waals surface area contributed by atoms with Crippen LogP contribution in [0.4, 0.5) is 5.13 Å². The fraction of sp³-hybridized carbons (Fsp3) is 0.800. The number of fused-ring (bicyclic) bond motifs is 1. The lowest BCUT2D eigenvalue weighted by Gasteiger charge is -2.44. The van der Waals surface area contributed by atoms with Crippen LogP contribution in [0.3, 0.4) is 0 Å². The Hall–Kier alpha value is -0.650. The molecule has 0 amide bonds. The molecule has 0 aliphatic carbocycles. The highest BCUT2D eigenvalue weighted by Crippen LogP contribution is 2.32. The SMILES string of the molecule is CC(C)c1nc(N2CCN3CCCCC3C2)sc1CN. The Bertz CT molecular complexity index is 457. The van der Waals surface area contributed by atoms with E-state index < -0.39 is 0 Å². The largest absolute Gasteiger partial charge is 0.345 e. The number of thiazole rings is 1. The summed E-state index contributed by atoms with van der Waals surface area (Å²) in [7, 11) is 0. The monoisotopic (exact) mass is 294 g/mol. The van der Waals surface area contributed by atoms with Crippen LogP contribution in [0, 0.1) is 0 Å². The van der Waals surface area contributed by atoms with Crippen molar-refractivity contribution >= 4 is 16.5 Å². The van der Waals surface area contributed by atoms with Crippen molar-refractivity contribution in [3.05, 3.63) is 10.6 Å². The highest BCUT2D eigenvalue weighted by atomic mass is 32.1.